The molecule has 102 valence electrons. The summed E-state index contributed by atoms with van der Waals surface area (Å²) in [6.45, 7) is 2.31. The lowest BCUT2D eigenvalue weighted by Gasteiger charge is -2.13. The number of carbonyl (C=O) groups is 2. The molecule has 0 aromatic rings. The molecule has 2 unspecified atom stereocenters. The first-order chi connectivity index (χ1) is 8.52. The summed E-state index contributed by atoms with van der Waals surface area (Å²) in [5.74, 6) is -0.860. The summed E-state index contributed by atoms with van der Waals surface area (Å²) in [6, 6.07) is 0. The van der Waals surface area contributed by atoms with E-state index in [0.717, 1.165) is 19.3 Å². The second-order valence-electron chi connectivity index (χ2n) is 5.55. The normalized spacial score (nSPS) is 28.9. The van der Waals surface area contributed by atoms with E-state index in [9.17, 15) is 9.59 Å². The van der Waals surface area contributed by atoms with Gasteiger partial charge in [0.05, 0.1) is 17.6 Å². The summed E-state index contributed by atoms with van der Waals surface area (Å²) in [5.41, 5.74) is -0.673. The molecular weight excluding hydrogens is 234 g/mol. The number of rotatable bonds is 6. The Labute approximate surface area is 107 Å². The van der Waals surface area contributed by atoms with Crippen LogP contribution in [0, 0.1) is 5.41 Å². The van der Waals surface area contributed by atoms with Gasteiger partial charge in [-0.2, -0.15) is 0 Å². The van der Waals surface area contributed by atoms with Crippen LogP contribution in [0.15, 0.2) is 0 Å². The zero-order valence-electron chi connectivity index (χ0n) is 10.8. The first-order valence-electron chi connectivity index (χ1n) is 6.67. The lowest BCUT2D eigenvalue weighted by Crippen LogP contribution is -2.34. The molecule has 1 aliphatic heterocycles. The van der Waals surface area contributed by atoms with Crippen molar-refractivity contribution in [2.24, 2.45) is 5.41 Å². The molecule has 1 saturated carbocycles. The summed E-state index contributed by atoms with van der Waals surface area (Å²) in [5, 5.41) is 11.7. The van der Waals surface area contributed by atoms with Crippen LogP contribution >= 0.6 is 0 Å². The maximum Gasteiger partial charge on any atom is 0.311 e. The summed E-state index contributed by atoms with van der Waals surface area (Å²) < 4.78 is 5.63. The predicted octanol–water partition coefficient (Wildman–Crippen LogP) is 1.32. The average molecular weight is 255 g/mol. The number of amides is 1. The molecule has 2 N–H and O–H groups in total. The molecule has 5 nitrogen and oxygen atoms in total. The standard InChI is InChI=1S/C13H21NO4/c1-9-2-3-10(18-9)4-5-11(15)14-8-13(6-7-13)12(16)17/h9-10H,2-8H2,1H3,(H,14,15)(H,16,17). The molecule has 5 heteroatoms. The molecule has 1 amide bonds. The van der Waals surface area contributed by atoms with Crippen LogP contribution in [0.3, 0.4) is 0 Å². The predicted molar refractivity (Wildman–Crippen MR) is 65.1 cm³/mol. The van der Waals surface area contributed by atoms with Crippen molar-refractivity contribution in [3.05, 3.63) is 0 Å². The van der Waals surface area contributed by atoms with Gasteiger partial charge in [0, 0.05) is 13.0 Å². The molecule has 2 atom stereocenters. The summed E-state index contributed by atoms with van der Waals surface area (Å²) in [6.07, 6.45) is 5.09. The molecule has 0 spiro atoms. The molecule has 1 aliphatic carbocycles. The highest BCUT2D eigenvalue weighted by Crippen LogP contribution is 2.45. The van der Waals surface area contributed by atoms with Crippen LogP contribution < -0.4 is 5.32 Å². The van der Waals surface area contributed by atoms with Gasteiger partial charge in [0.25, 0.3) is 0 Å². The van der Waals surface area contributed by atoms with Crippen LogP contribution in [0.2, 0.25) is 0 Å². The quantitative estimate of drug-likeness (QED) is 0.750. The van der Waals surface area contributed by atoms with Crippen molar-refractivity contribution in [2.75, 3.05) is 6.54 Å². The molecule has 0 aromatic heterocycles. The number of nitrogens with one attached hydrogen (secondary N) is 1. The smallest absolute Gasteiger partial charge is 0.311 e. The maximum absolute atomic E-state index is 11.6. The first-order valence-corrected chi connectivity index (χ1v) is 6.67. The van der Waals surface area contributed by atoms with Crippen molar-refractivity contribution >= 4 is 11.9 Å². The van der Waals surface area contributed by atoms with Gasteiger partial charge in [0.15, 0.2) is 0 Å². The van der Waals surface area contributed by atoms with E-state index in [0.29, 0.717) is 25.4 Å². The van der Waals surface area contributed by atoms with E-state index in [-0.39, 0.29) is 18.6 Å². The number of hydrogen-bond donors (Lipinski definition) is 2. The third-order valence-corrected chi connectivity index (χ3v) is 3.94. The summed E-state index contributed by atoms with van der Waals surface area (Å²) >= 11 is 0. The van der Waals surface area contributed by atoms with Crippen LogP contribution in [0.5, 0.6) is 0 Å². The molecule has 2 aliphatic rings. The van der Waals surface area contributed by atoms with E-state index in [1.54, 1.807) is 0 Å². The Morgan fingerprint density at radius 3 is 2.61 bits per heavy atom. The number of carboxylic acid groups (broad SMARTS) is 1. The lowest BCUT2D eigenvalue weighted by atomic mass is 10.1. The Morgan fingerprint density at radius 2 is 2.11 bits per heavy atom. The molecule has 2 fully saturated rings. The van der Waals surface area contributed by atoms with E-state index in [4.69, 9.17) is 9.84 Å². The third-order valence-electron chi connectivity index (χ3n) is 3.94. The number of carboxylic acids is 1. The highest BCUT2D eigenvalue weighted by Gasteiger charge is 2.50. The van der Waals surface area contributed by atoms with E-state index in [1.165, 1.54) is 0 Å². The van der Waals surface area contributed by atoms with Crippen LogP contribution in [-0.2, 0) is 14.3 Å². The van der Waals surface area contributed by atoms with Gasteiger partial charge in [-0.25, -0.2) is 0 Å². The fourth-order valence-electron chi connectivity index (χ4n) is 2.36. The molecule has 1 saturated heterocycles. The Bertz CT molecular complexity index is 338. The lowest BCUT2D eigenvalue weighted by molar-refractivity contribution is -0.143. The van der Waals surface area contributed by atoms with Gasteiger partial charge in [0.1, 0.15) is 0 Å². The van der Waals surface area contributed by atoms with Crippen molar-refractivity contribution in [3.63, 3.8) is 0 Å². The van der Waals surface area contributed by atoms with Crippen LogP contribution in [0.25, 0.3) is 0 Å². The molecule has 18 heavy (non-hydrogen) atoms. The maximum atomic E-state index is 11.6. The number of aliphatic carboxylic acids is 1. The average Bonchev–Trinajstić information content (AvgIpc) is 3.02. The summed E-state index contributed by atoms with van der Waals surface area (Å²) in [4.78, 5) is 22.5. The van der Waals surface area contributed by atoms with Gasteiger partial charge in [-0.05, 0) is 39.0 Å². The van der Waals surface area contributed by atoms with Gasteiger partial charge in [-0.3, -0.25) is 9.59 Å². The number of carbonyl (C=O) groups excluding carboxylic acids is 1. The van der Waals surface area contributed by atoms with E-state index in [2.05, 4.69) is 5.32 Å². The number of hydrogen-bond acceptors (Lipinski definition) is 3. The topological polar surface area (TPSA) is 75.6 Å². The Kier molecular flexibility index (Phi) is 3.90. The largest absolute Gasteiger partial charge is 0.481 e. The van der Waals surface area contributed by atoms with Crippen LogP contribution in [0.1, 0.15) is 45.4 Å². The molecule has 1 heterocycles. The minimum atomic E-state index is -0.796. The minimum absolute atomic E-state index is 0.0642. The Morgan fingerprint density at radius 1 is 1.39 bits per heavy atom. The molecule has 0 radical (unpaired) electrons. The van der Waals surface area contributed by atoms with Crippen molar-refractivity contribution in [1.82, 2.24) is 5.32 Å². The first kappa shape index (κ1) is 13.3. The second kappa shape index (κ2) is 5.26. The van der Waals surface area contributed by atoms with Gasteiger partial charge < -0.3 is 15.2 Å². The fraction of sp³-hybridized carbons (Fsp3) is 0.846. The zero-order valence-corrected chi connectivity index (χ0v) is 10.8. The van der Waals surface area contributed by atoms with Crippen LogP contribution in [0.4, 0.5) is 0 Å². The minimum Gasteiger partial charge on any atom is -0.481 e. The highest BCUT2D eigenvalue weighted by molar-refractivity contribution is 5.80. The molecule has 0 bridgehead atoms. The number of ether oxygens (including phenoxy) is 1. The van der Waals surface area contributed by atoms with E-state index in [1.807, 2.05) is 6.92 Å². The Balaban J connectivity index is 1.62. The van der Waals surface area contributed by atoms with Gasteiger partial charge in [0.2, 0.25) is 5.91 Å². The van der Waals surface area contributed by atoms with Crippen molar-refractivity contribution in [3.8, 4) is 0 Å². The van der Waals surface area contributed by atoms with Gasteiger partial charge in [-0.1, -0.05) is 0 Å². The van der Waals surface area contributed by atoms with Crippen molar-refractivity contribution in [2.45, 2.75) is 57.7 Å². The zero-order chi connectivity index (χ0) is 13.2. The van der Waals surface area contributed by atoms with Crippen LogP contribution in [-0.4, -0.2) is 35.7 Å². The molecule has 0 aromatic carbocycles. The van der Waals surface area contributed by atoms with Crippen molar-refractivity contribution < 1.29 is 19.4 Å². The SMILES string of the molecule is CC1CCC(CCC(=O)NCC2(C(=O)O)CC2)O1. The monoisotopic (exact) mass is 255 g/mol. The third kappa shape index (κ3) is 3.22. The second-order valence-corrected chi connectivity index (χ2v) is 5.55. The van der Waals surface area contributed by atoms with Gasteiger partial charge in [-0.15, -0.1) is 0 Å². The van der Waals surface area contributed by atoms with E-state index < -0.39 is 11.4 Å². The fourth-order valence-corrected chi connectivity index (χ4v) is 2.36. The van der Waals surface area contributed by atoms with Gasteiger partial charge >= 0.3 is 5.97 Å². The summed E-state index contributed by atoms with van der Waals surface area (Å²) in [7, 11) is 0. The Hall–Kier alpha value is -1.10. The molecule has 2 rings (SSSR count). The van der Waals surface area contributed by atoms with E-state index >= 15 is 0 Å². The van der Waals surface area contributed by atoms with Crippen molar-refractivity contribution in [1.29, 1.82) is 0 Å². The molecular formula is C13H21NO4. The highest BCUT2D eigenvalue weighted by atomic mass is 16.5.